The molecule has 0 aromatic heterocycles. The first-order valence-corrected chi connectivity index (χ1v) is 11.3. The Hall–Kier alpha value is -3.52. The SMILES string of the molecule is CCOCCCN1C(=O)C(Nc2ccc(OC(C)C)cc2)=C(c2ccc(OC)c(OC)c2)C1=O. The van der Waals surface area contributed by atoms with Gasteiger partial charge in [0.25, 0.3) is 11.8 Å². The second-order valence-corrected chi connectivity index (χ2v) is 7.95. The number of rotatable bonds is 12. The third-order valence-electron chi connectivity index (χ3n) is 5.21. The van der Waals surface area contributed by atoms with Crippen LogP contribution >= 0.6 is 0 Å². The quantitative estimate of drug-likeness (QED) is 0.371. The summed E-state index contributed by atoms with van der Waals surface area (Å²) < 4.78 is 21.8. The first-order chi connectivity index (χ1) is 16.4. The van der Waals surface area contributed by atoms with Gasteiger partial charge in [-0.3, -0.25) is 14.5 Å². The molecule has 2 aromatic carbocycles. The second-order valence-electron chi connectivity index (χ2n) is 7.95. The Morgan fingerprint density at radius 2 is 1.65 bits per heavy atom. The van der Waals surface area contributed by atoms with E-state index in [-0.39, 0.29) is 35.7 Å². The second kappa shape index (κ2) is 11.6. The van der Waals surface area contributed by atoms with Crippen molar-refractivity contribution in [3.05, 3.63) is 53.7 Å². The van der Waals surface area contributed by atoms with E-state index in [2.05, 4.69) is 5.32 Å². The van der Waals surface area contributed by atoms with E-state index in [0.717, 1.165) is 5.75 Å². The Morgan fingerprint density at radius 3 is 2.26 bits per heavy atom. The van der Waals surface area contributed by atoms with Crippen molar-refractivity contribution in [3.63, 3.8) is 0 Å². The van der Waals surface area contributed by atoms with Gasteiger partial charge < -0.3 is 24.3 Å². The highest BCUT2D eigenvalue weighted by Gasteiger charge is 2.39. The Balaban J connectivity index is 1.96. The average molecular weight is 469 g/mol. The summed E-state index contributed by atoms with van der Waals surface area (Å²) in [6, 6.07) is 12.4. The first kappa shape index (κ1) is 25.1. The molecule has 0 aliphatic carbocycles. The minimum Gasteiger partial charge on any atom is -0.493 e. The molecule has 8 heteroatoms. The van der Waals surface area contributed by atoms with Crippen LogP contribution in [-0.2, 0) is 14.3 Å². The maximum Gasteiger partial charge on any atom is 0.278 e. The molecular weight excluding hydrogens is 436 g/mol. The number of ether oxygens (including phenoxy) is 4. The van der Waals surface area contributed by atoms with Crippen LogP contribution in [0.3, 0.4) is 0 Å². The van der Waals surface area contributed by atoms with Crippen LogP contribution in [0, 0.1) is 0 Å². The van der Waals surface area contributed by atoms with Crippen molar-refractivity contribution >= 4 is 23.1 Å². The molecule has 2 amide bonds. The third-order valence-corrected chi connectivity index (χ3v) is 5.21. The minimum atomic E-state index is -0.381. The molecule has 0 radical (unpaired) electrons. The molecule has 182 valence electrons. The van der Waals surface area contributed by atoms with E-state index < -0.39 is 0 Å². The zero-order chi connectivity index (χ0) is 24.7. The van der Waals surface area contributed by atoms with E-state index in [1.54, 1.807) is 25.3 Å². The molecule has 34 heavy (non-hydrogen) atoms. The van der Waals surface area contributed by atoms with Crippen molar-refractivity contribution < 1.29 is 28.5 Å². The van der Waals surface area contributed by atoms with Gasteiger partial charge in [-0.25, -0.2) is 0 Å². The van der Waals surface area contributed by atoms with Gasteiger partial charge in [0.1, 0.15) is 11.4 Å². The van der Waals surface area contributed by atoms with Gasteiger partial charge in [0.15, 0.2) is 11.5 Å². The summed E-state index contributed by atoms with van der Waals surface area (Å²) in [5, 5.41) is 3.16. The maximum atomic E-state index is 13.4. The fraction of sp³-hybridized carbons (Fsp3) is 0.385. The molecule has 0 spiro atoms. The number of anilines is 1. The van der Waals surface area contributed by atoms with Crippen LogP contribution in [0.15, 0.2) is 48.2 Å². The topological polar surface area (TPSA) is 86.3 Å². The number of nitrogens with one attached hydrogen (secondary N) is 1. The van der Waals surface area contributed by atoms with Crippen LogP contribution in [0.4, 0.5) is 5.69 Å². The van der Waals surface area contributed by atoms with Gasteiger partial charge in [-0.2, -0.15) is 0 Å². The van der Waals surface area contributed by atoms with E-state index >= 15 is 0 Å². The van der Waals surface area contributed by atoms with Crippen molar-refractivity contribution in [2.24, 2.45) is 0 Å². The van der Waals surface area contributed by atoms with Crippen molar-refractivity contribution in [1.82, 2.24) is 4.90 Å². The largest absolute Gasteiger partial charge is 0.493 e. The smallest absolute Gasteiger partial charge is 0.278 e. The molecular formula is C26H32N2O6. The zero-order valence-corrected chi connectivity index (χ0v) is 20.3. The van der Waals surface area contributed by atoms with Crippen LogP contribution in [0.5, 0.6) is 17.2 Å². The minimum absolute atomic E-state index is 0.0532. The molecule has 0 fully saturated rings. The third kappa shape index (κ3) is 5.69. The maximum absolute atomic E-state index is 13.4. The fourth-order valence-electron chi connectivity index (χ4n) is 3.66. The summed E-state index contributed by atoms with van der Waals surface area (Å²) in [5.41, 5.74) is 1.72. The molecule has 0 saturated heterocycles. The van der Waals surface area contributed by atoms with Crippen molar-refractivity contribution in [2.45, 2.75) is 33.3 Å². The molecule has 3 rings (SSSR count). The van der Waals surface area contributed by atoms with E-state index in [0.29, 0.717) is 42.4 Å². The molecule has 0 unspecified atom stereocenters. The molecule has 1 heterocycles. The zero-order valence-electron chi connectivity index (χ0n) is 20.3. The summed E-state index contributed by atoms with van der Waals surface area (Å²) in [6.07, 6.45) is 0.608. The Bertz CT molecular complexity index is 1050. The standard InChI is InChI=1S/C26H32N2O6/c1-6-33-15-7-14-28-25(29)23(18-8-13-21(31-4)22(16-18)32-5)24(26(28)30)27-19-9-11-20(12-10-19)34-17(2)3/h8-13,16-17,27H,6-7,14-15H2,1-5H3. The van der Waals surface area contributed by atoms with Gasteiger partial charge in [0, 0.05) is 25.4 Å². The molecule has 1 aliphatic heterocycles. The van der Waals surface area contributed by atoms with Crippen LogP contribution in [0.1, 0.15) is 32.8 Å². The number of imide groups is 1. The lowest BCUT2D eigenvalue weighted by atomic mass is 10.0. The normalized spacial score (nSPS) is 13.6. The van der Waals surface area contributed by atoms with Crippen LogP contribution in [-0.4, -0.2) is 56.8 Å². The summed E-state index contributed by atoms with van der Waals surface area (Å²) >= 11 is 0. The summed E-state index contributed by atoms with van der Waals surface area (Å²) in [5.74, 6) is 0.982. The predicted octanol–water partition coefficient (Wildman–Crippen LogP) is 4.11. The Labute approximate surface area is 200 Å². The van der Waals surface area contributed by atoms with Crippen molar-refractivity contribution in [2.75, 3.05) is 39.3 Å². The Morgan fingerprint density at radius 1 is 0.941 bits per heavy atom. The fourth-order valence-corrected chi connectivity index (χ4v) is 3.66. The highest BCUT2D eigenvalue weighted by Crippen LogP contribution is 2.36. The summed E-state index contributed by atoms with van der Waals surface area (Å²) in [6.45, 7) is 7.13. The molecule has 8 nitrogen and oxygen atoms in total. The summed E-state index contributed by atoms with van der Waals surface area (Å²) in [7, 11) is 3.07. The van der Waals surface area contributed by atoms with E-state index in [4.69, 9.17) is 18.9 Å². The van der Waals surface area contributed by atoms with E-state index in [1.807, 2.05) is 45.0 Å². The average Bonchev–Trinajstić information content (AvgIpc) is 3.06. The number of nitrogens with zero attached hydrogens (tertiary/aromatic N) is 1. The lowest BCUT2D eigenvalue weighted by Crippen LogP contribution is -2.34. The highest BCUT2D eigenvalue weighted by atomic mass is 16.5. The number of amides is 2. The molecule has 0 atom stereocenters. The predicted molar refractivity (Wildman–Crippen MR) is 130 cm³/mol. The van der Waals surface area contributed by atoms with Gasteiger partial charge in [-0.05, 0) is 69.2 Å². The molecule has 1 N–H and O–H groups in total. The van der Waals surface area contributed by atoms with Crippen molar-refractivity contribution in [3.8, 4) is 17.2 Å². The van der Waals surface area contributed by atoms with E-state index in [1.165, 1.54) is 12.0 Å². The van der Waals surface area contributed by atoms with Gasteiger partial charge in [-0.15, -0.1) is 0 Å². The number of hydrogen-bond acceptors (Lipinski definition) is 7. The molecule has 1 aliphatic rings. The lowest BCUT2D eigenvalue weighted by molar-refractivity contribution is -0.137. The number of carbonyl (C=O) groups excluding carboxylic acids is 2. The lowest BCUT2D eigenvalue weighted by Gasteiger charge is -2.15. The van der Waals surface area contributed by atoms with Crippen LogP contribution < -0.4 is 19.5 Å². The van der Waals surface area contributed by atoms with Crippen molar-refractivity contribution in [1.29, 1.82) is 0 Å². The molecule has 0 saturated carbocycles. The monoisotopic (exact) mass is 468 g/mol. The Kier molecular flexibility index (Phi) is 8.54. The van der Waals surface area contributed by atoms with Crippen LogP contribution in [0.2, 0.25) is 0 Å². The molecule has 2 aromatic rings. The number of carbonyl (C=O) groups is 2. The highest BCUT2D eigenvalue weighted by molar-refractivity contribution is 6.36. The van der Waals surface area contributed by atoms with Gasteiger partial charge >= 0.3 is 0 Å². The van der Waals surface area contributed by atoms with E-state index in [9.17, 15) is 9.59 Å². The number of methoxy groups -OCH3 is 2. The van der Waals surface area contributed by atoms with Gasteiger partial charge in [0.05, 0.1) is 25.9 Å². The van der Waals surface area contributed by atoms with Gasteiger partial charge in [-0.1, -0.05) is 6.07 Å². The first-order valence-electron chi connectivity index (χ1n) is 11.3. The number of hydrogen-bond donors (Lipinski definition) is 1. The van der Waals surface area contributed by atoms with Gasteiger partial charge in [0.2, 0.25) is 0 Å². The number of benzene rings is 2. The molecule has 0 bridgehead atoms. The van der Waals surface area contributed by atoms with Crippen LogP contribution in [0.25, 0.3) is 5.57 Å². The summed E-state index contributed by atoms with van der Waals surface area (Å²) in [4.78, 5) is 28.0.